The summed E-state index contributed by atoms with van der Waals surface area (Å²) in [5.74, 6) is 0.763. The van der Waals surface area contributed by atoms with Crippen LogP contribution in [0.3, 0.4) is 0 Å². The van der Waals surface area contributed by atoms with E-state index in [1.165, 1.54) is 0 Å². The highest BCUT2D eigenvalue weighted by Gasteiger charge is 2.51. The average molecular weight is 357 g/mol. The molecule has 2 heterocycles. The molecule has 2 aliphatic rings. The molecule has 5 nitrogen and oxygen atoms in total. The fourth-order valence-corrected chi connectivity index (χ4v) is 4.36. The normalized spacial score (nSPS) is 19.3. The average Bonchev–Trinajstić information content (AvgIpc) is 2.83. The van der Waals surface area contributed by atoms with Crippen molar-refractivity contribution in [3.8, 4) is 0 Å². The van der Waals surface area contributed by atoms with Crippen LogP contribution < -0.4 is 10.2 Å². The van der Waals surface area contributed by atoms with E-state index in [0.717, 1.165) is 50.1 Å². The molecule has 0 unspecified atom stereocenters. The predicted octanol–water partition coefficient (Wildman–Crippen LogP) is 2.79. The summed E-state index contributed by atoms with van der Waals surface area (Å²) in [6, 6.07) is 5.73. The fourth-order valence-electron chi connectivity index (χ4n) is 4.36. The highest BCUT2D eigenvalue weighted by atomic mass is 16.2. The summed E-state index contributed by atoms with van der Waals surface area (Å²) in [7, 11) is 1.85. The van der Waals surface area contributed by atoms with Crippen LogP contribution in [0.15, 0.2) is 18.2 Å². The van der Waals surface area contributed by atoms with Gasteiger partial charge < -0.3 is 15.1 Å². The van der Waals surface area contributed by atoms with Crippen molar-refractivity contribution < 1.29 is 9.59 Å². The van der Waals surface area contributed by atoms with Crippen LogP contribution in [0.1, 0.15) is 56.0 Å². The Labute approximate surface area is 156 Å². The molecule has 0 bridgehead atoms. The molecule has 1 aromatic carbocycles. The summed E-state index contributed by atoms with van der Waals surface area (Å²) < 4.78 is 0. The standard InChI is InChI=1S/C21H31N3O2/c1-5-10-22-19(25)16-6-7-18-17(13-16)21(20(26)23(18)4)8-11-24(12-9-21)14-15(2)3/h6-7,13,15H,5,8-12,14H2,1-4H3,(H,22,25). The van der Waals surface area contributed by atoms with Crippen LogP contribution in [0.4, 0.5) is 5.69 Å². The summed E-state index contributed by atoms with van der Waals surface area (Å²) in [5.41, 5.74) is 2.19. The third kappa shape index (κ3) is 3.25. The van der Waals surface area contributed by atoms with E-state index in [2.05, 4.69) is 24.1 Å². The number of piperidine rings is 1. The number of hydrogen-bond donors (Lipinski definition) is 1. The zero-order valence-corrected chi connectivity index (χ0v) is 16.5. The molecule has 3 rings (SSSR count). The number of carbonyl (C=O) groups excluding carboxylic acids is 2. The minimum Gasteiger partial charge on any atom is -0.352 e. The summed E-state index contributed by atoms with van der Waals surface area (Å²) in [4.78, 5) is 29.8. The van der Waals surface area contributed by atoms with E-state index in [4.69, 9.17) is 0 Å². The first-order valence-corrected chi connectivity index (χ1v) is 9.82. The number of hydrogen-bond acceptors (Lipinski definition) is 3. The molecule has 1 fully saturated rings. The van der Waals surface area contributed by atoms with Crippen molar-refractivity contribution in [2.75, 3.05) is 38.1 Å². The van der Waals surface area contributed by atoms with Crippen molar-refractivity contribution in [1.29, 1.82) is 0 Å². The molecule has 2 aliphatic heterocycles. The molecule has 0 saturated carbocycles. The molecular weight excluding hydrogens is 326 g/mol. The van der Waals surface area contributed by atoms with Gasteiger partial charge in [0.25, 0.3) is 5.91 Å². The summed E-state index contributed by atoms with van der Waals surface area (Å²) in [6.07, 6.45) is 2.57. The van der Waals surface area contributed by atoms with E-state index in [0.29, 0.717) is 18.0 Å². The van der Waals surface area contributed by atoms with Gasteiger partial charge in [-0.15, -0.1) is 0 Å². The molecule has 142 valence electrons. The number of fused-ring (bicyclic) bond motifs is 2. The largest absolute Gasteiger partial charge is 0.352 e. The number of nitrogens with zero attached hydrogens (tertiary/aromatic N) is 2. The van der Waals surface area contributed by atoms with Gasteiger partial charge in [0.15, 0.2) is 0 Å². The zero-order chi connectivity index (χ0) is 18.9. The van der Waals surface area contributed by atoms with E-state index < -0.39 is 5.41 Å². The first-order valence-electron chi connectivity index (χ1n) is 9.82. The van der Waals surface area contributed by atoms with E-state index in [1.807, 2.05) is 32.2 Å². The predicted molar refractivity (Wildman–Crippen MR) is 105 cm³/mol. The lowest BCUT2D eigenvalue weighted by Gasteiger charge is -2.39. The Morgan fingerprint density at radius 3 is 2.58 bits per heavy atom. The summed E-state index contributed by atoms with van der Waals surface area (Å²) in [5, 5.41) is 2.94. The quantitative estimate of drug-likeness (QED) is 0.882. The number of carbonyl (C=O) groups is 2. The second-order valence-corrected chi connectivity index (χ2v) is 8.13. The van der Waals surface area contributed by atoms with Crippen molar-refractivity contribution >= 4 is 17.5 Å². The van der Waals surface area contributed by atoms with E-state index in [9.17, 15) is 9.59 Å². The zero-order valence-electron chi connectivity index (χ0n) is 16.5. The van der Waals surface area contributed by atoms with Crippen molar-refractivity contribution in [2.24, 2.45) is 5.92 Å². The Balaban J connectivity index is 1.88. The van der Waals surface area contributed by atoms with Crippen molar-refractivity contribution in [1.82, 2.24) is 10.2 Å². The third-order valence-corrected chi connectivity index (χ3v) is 5.72. The molecule has 5 heteroatoms. The SMILES string of the molecule is CCCNC(=O)c1ccc2c(c1)C1(CCN(CC(C)C)CC1)C(=O)N2C. The lowest BCUT2D eigenvalue weighted by molar-refractivity contribution is -0.124. The Morgan fingerprint density at radius 2 is 1.96 bits per heavy atom. The molecule has 1 saturated heterocycles. The molecule has 0 aliphatic carbocycles. The molecule has 1 aromatic rings. The van der Waals surface area contributed by atoms with E-state index in [1.54, 1.807) is 4.90 Å². The van der Waals surface area contributed by atoms with Crippen LogP contribution in [0.2, 0.25) is 0 Å². The van der Waals surface area contributed by atoms with Crippen LogP contribution in [0.25, 0.3) is 0 Å². The molecule has 0 radical (unpaired) electrons. The Morgan fingerprint density at radius 1 is 1.27 bits per heavy atom. The van der Waals surface area contributed by atoms with Gasteiger partial charge in [0.1, 0.15) is 0 Å². The lowest BCUT2D eigenvalue weighted by Crippen LogP contribution is -2.48. The van der Waals surface area contributed by atoms with Crippen LogP contribution in [0.5, 0.6) is 0 Å². The van der Waals surface area contributed by atoms with Crippen LogP contribution >= 0.6 is 0 Å². The van der Waals surface area contributed by atoms with Crippen molar-refractivity contribution in [3.05, 3.63) is 29.3 Å². The molecular formula is C21H31N3O2. The Bertz CT molecular complexity index is 690. The first-order chi connectivity index (χ1) is 12.4. The van der Waals surface area contributed by atoms with Gasteiger partial charge in [-0.1, -0.05) is 20.8 Å². The monoisotopic (exact) mass is 357 g/mol. The van der Waals surface area contributed by atoms with Crippen LogP contribution in [0, 0.1) is 5.92 Å². The lowest BCUT2D eigenvalue weighted by atomic mass is 9.73. The van der Waals surface area contributed by atoms with Crippen molar-refractivity contribution in [2.45, 2.75) is 45.4 Å². The smallest absolute Gasteiger partial charge is 0.251 e. The number of rotatable bonds is 5. The Hall–Kier alpha value is -1.88. The van der Waals surface area contributed by atoms with E-state index in [-0.39, 0.29) is 11.8 Å². The van der Waals surface area contributed by atoms with Gasteiger partial charge in [-0.05, 0) is 62.0 Å². The number of anilines is 1. The van der Waals surface area contributed by atoms with Gasteiger partial charge in [0, 0.05) is 31.4 Å². The number of likely N-dealkylation sites (tertiary alicyclic amines) is 1. The molecule has 1 N–H and O–H groups in total. The summed E-state index contributed by atoms with van der Waals surface area (Å²) in [6.45, 7) is 10.1. The highest BCUT2D eigenvalue weighted by Crippen LogP contribution is 2.47. The molecule has 2 amide bonds. The summed E-state index contributed by atoms with van der Waals surface area (Å²) >= 11 is 0. The van der Waals surface area contributed by atoms with Crippen LogP contribution in [-0.4, -0.2) is 49.9 Å². The molecule has 0 atom stereocenters. The fraction of sp³-hybridized carbons (Fsp3) is 0.619. The number of likely N-dealkylation sites (N-methyl/N-ethyl adjacent to an activating group) is 1. The minimum absolute atomic E-state index is 0.0518. The van der Waals surface area contributed by atoms with Crippen LogP contribution in [-0.2, 0) is 10.2 Å². The topological polar surface area (TPSA) is 52.7 Å². The van der Waals surface area contributed by atoms with Gasteiger partial charge in [0.05, 0.1) is 5.41 Å². The molecule has 0 aromatic heterocycles. The second-order valence-electron chi connectivity index (χ2n) is 8.13. The van der Waals surface area contributed by atoms with Gasteiger partial charge >= 0.3 is 0 Å². The number of amides is 2. The number of benzene rings is 1. The first kappa shape index (κ1) is 18.9. The minimum atomic E-state index is -0.460. The second kappa shape index (κ2) is 7.39. The molecule has 1 spiro atoms. The van der Waals surface area contributed by atoms with Gasteiger partial charge in [-0.3, -0.25) is 9.59 Å². The maximum Gasteiger partial charge on any atom is 0.251 e. The highest BCUT2D eigenvalue weighted by molar-refractivity contribution is 6.09. The Kier molecular flexibility index (Phi) is 5.37. The maximum atomic E-state index is 13.1. The van der Waals surface area contributed by atoms with Gasteiger partial charge in [-0.2, -0.15) is 0 Å². The molecule has 26 heavy (non-hydrogen) atoms. The third-order valence-electron chi connectivity index (χ3n) is 5.72. The van der Waals surface area contributed by atoms with Crippen molar-refractivity contribution in [3.63, 3.8) is 0 Å². The van der Waals surface area contributed by atoms with Gasteiger partial charge in [0.2, 0.25) is 5.91 Å². The maximum absolute atomic E-state index is 13.1. The van der Waals surface area contributed by atoms with E-state index >= 15 is 0 Å². The van der Waals surface area contributed by atoms with Gasteiger partial charge in [-0.25, -0.2) is 0 Å². The number of nitrogens with one attached hydrogen (secondary N) is 1.